The van der Waals surface area contributed by atoms with Gasteiger partial charge >= 0.3 is 0 Å². The van der Waals surface area contributed by atoms with Crippen LogP contribution in [0.2, 0.25) is 0 Å². The van der Waals surface area contributed by atoms with Gasteiger partial charge in [0.2, 0.25) is 0 Å². The highest BCUT2D eigenvalue weighted by atomic mass is 79.9. The number of hydrogen-bond acceptors (Lipinski definition) is 1. The Morgan fingerprint density at radius 2 is 2.17 bits per heavy atom. The second-order valence-corrected chi connectivity index (χ2v) is 6.44. The lowest BCUT2D eigenvalue weighted by Crippen LogP contribution is -2.26. The van der Waals surface area contributed by atoms with Gasteiger partial charge in [-0.3, -0.25) is 4.79 Å². The summed E-state index contributed by atoms with van der Waals surface area (Å²) in [5, 5.41) is 3.04. The van der Waals surface area contributed by atoms with E-state index in [9.17, 15) is 4.79 Å². The molecule has 1 N–H and O–H groups in total. The Hall–Kier alpha value is -0.770. The van der Waals surface area contributed by atoms with Gasteiger partial charge in [0, 0.05) is 23.3 Å². The van der Waals surface area contributed by atoms with Crippen LogP contribution in [0.4, 0.5) is 0 Å². The molecule has 3 nitrogen and oxygen atoms in total. The number of aromatic nitrogens is 1. The van der Waals surface area contributed by atoms with Crippen molar-refractivity contribution in [1.29, 1.82) is 0 Å². The number of hydrogen-bond donors (Lipinski definition) is 1. The number of halogens is 1. The SMILES string of the molecule is O=C(NCCCC1CC1)c1cc(Br)cn1C1CC1. The molecule has 0 atom stereocenters. The number of nitrogens with one attached hydrogen (secondary N) is 1. The quantitative estimate of drug-likeness (QED) is 0.802. The van der Waals surface area contributed by atoms with Gasteiger partial charge in [0.15, 0.2) is 0 Å². The maximum atomic E-state index is 12.1. The first-order chi connectivity index (χ1) is 8.74. The first kappa shape index (κ1) is 12.3. The molecule has 1 aromatic rings. The molecule has 0 aromatic carbocycles. The van der Waals surface area contributed by atoms with Gasteiger partial charge in [-0.15, -0.1) is 0 Å². The largest absolute Gasteiger partial charge is 0.351 e. The molecule has 1 heterocycles. The average molecular weight is 311 g/mol. The maximum absolute atomic E-state index is 12.1. The van der Waals surface area contributed by atoms with Gasteiger partial charge in [-0.05, 0) is 53.6 Å². The zero-order valence-corrected chi connectivity index (χ0v) is 12.1. The van der Waals surface area contributed by atoms with Crippen LogP contribution < -0.4 is 5.32 Å². The monoisotopic (exact) mass is 310 g/mol. The van der Waals surface area contributed by atoms with E-state index in [-0.39, 0.29) is 5.91 Å². The molecule has 4 heteroatoms. The molecule has 0 unspecified atom stereocenters. The summed E-state index contributed by atoms with van der Waals surface area (Å²) in [4.78, 5) is 12.1. The third-order valence-electron chi connectivity index (χ3n) is 3.76. The van der Waals surface area contributed by atoms with E-state index in [0.29, 0.717) is 6.04 Å². The number of carbonyl (C=O) groups excluding carboxylic acids is 1. The molecule has 2 aliphatic rings. The topological polar surface area (TPSA) is 34.0 Å². The van der Waals surface area contributed by atoms with E-state index in [1.807, 2.05) is 12.3 Å². The average Bonchev–Trinajstić information content (AvgIpc) is 3.23. The number of rotatable bonds is 6. The fourth-order valence-electron chi connectivity index (χ4n) is 2.37. The number of carbonyl (C=O) groups is 1. The van der Waals surface area contributed by atoms with E-state index < -0.39 is 0 Å². The molecule has 2 fully saturated rings. The summed E-state index contributed by atoms with van der Waals surface area (Å²) in [6.07, 6.45) is 9.59. The van der Waals surface area contributed by atoms with E-state index in [1.165, 1.54) is 32.1 Å². The fourth-order valence-corrected chi connectivity index (χ4v) is 2.81. The van der Waals surface area contributed by atoms with Crippen molar-refractivity contribution in [2.24, 2.45) is 5.92 Å². The molecule has 1 aromatic heterocycles. The van der Waals surface area contributed by atoms with Gasteiger partial charge in [-0.2, -0.15) is 0 Å². The summed E-state index contributed by atoms with van der Waals surface area (Å²) in [5.74, 6) is 1.02. The Kier molecular flexibility index (Phi) is 3.46. The second-order valence-electron chi connectivity index (χ2n) is 5.52. The normalized spacial score (nSPS) is 18.9. The Bertz CT molecular complexity index is 447. The fraction of sp³-hybridized carbons (Fsp3) is 0.643. The van der Waals surface area contributed by atoms with Crippen molar-refractivity contribution >= 4 is 21.8 Å². The first-order valence-electron chi connectivity index (χ1n) is 6.89. The lowest BCUT2D eigenvalue weighted by atomic mass is 10.2. The summed E-state index contributed by atoms with van der Waals surface area (Å²) in [7, 11) is 0. The van der Waals surface area contributed by atoms with Gasteiger partial charge in [0.1, 0.15) is 5.69 Å². The summed E-state index contributed by atoms with van der Waals surface area (Å²) >= 11 is 3.46. The van der Waals surface area contributed by atoms with Gasteiger partial charge in [0.05, 0.1) is 0 Å². The lowest BCUT2D eigenvalue weighted by Gasteiger charge is -2.08. The van der Waals surface area contributed by atoms with Crippen LogP contribution in [-0.4, -0.2) is 17.0 Å². The highest BCUT2D eigenvalue weighted by Crippen LogP contribution is 2.37. The highest BCUT2D eigenvalue weighted by molar-refractivity contribution is 9.10. The van der Waals surface area contributed by atoms with E-state index >= 15 is 0 Å². The molecule has 2 saturated carbocycles. The predicted octanol–water partition coefficient (Wildman–Crippen LogP) is 3.51. The van der Waals surface area contributed by atoms with E-state index in [2.05, 4.69) is 25.8 Å². The first-order valence-corrected chi connectivity index (χ1v) is 7.69. The summed E-state index contributed by atoms with van der Waals surface area (Å²) < 4.78 is 3.11. The smallest absolute Gasteiger partial charge is 0.267 e. The van der Waals surface area contributed by atoms with E-state index in [4.69, 9.17) is 0 Å². The van der Waals surface area contributed by atoms with Gasteiger partial charge < -0.3 is 9.88 Å². The molecule has 0 radical (unpaired) electrons. The van der Waals surface area contributed by atoms with Crippen LogP contribution in [0.15, 0.2) is 16.7 Å². The van der Waals surface area contributed by atoms with Crippen molar-refractivity contribution in [3.8, 4) is 0 Å². The van der Waals surface area contributed by atoms with Gasteiger partial charge in [-0.1, -0.05) is 12.8 Å². The lowest BCUT2D eigenvalue weighted by molar-refractivity contribution is 0.0943. The molecule has 3 rings (SSSR count). The molecular weight excluding hydrogens is 292 g/mol. The van der Waals surface area contributed by atoms with Crippen molar-refractivity contribution in [3.63, 3.8) is 0 Å². The minimum absolute atomic E-state index is 0.0726. The molecule has 1 amide bonds. The van der Waals surface area contributed by atoms with Crippen molar-refractivity contribution < 1.29 is 4.79 Å². The highest BCUT2D eigenvalue weighted by Gasteiger charge is 2.27. The standard InChI is InChI=1S/C14H19BrN2O/c15-11-8-13(17(9-11)12-5-6-12)14(18)16-7-1-2-10-3-4-10/h8-10,12H,1-7H2,(H,16,18). The van der Waals surface area contributed by atoms with Crippen LogP contribution in [0.3, 0.4) is 0 Å². The van der Waals surface area contributed by atoms with Crippen LogP contribution >= 0.6 is 15.9 Å². The van der Waals surface area contributed by atoms with Crippen LogP contribution in [0.1, 0.15) is 55.1 Å². The van der Waals surface area contributed by atoms with Crippen molar-refractivity contribution in [3.05, 3.63) is 22.4 Å². The van der Waals surface area contributed by atoms with Crippen molar-refractivity contribution in [1.82, 2.24) is 9.88 Å². The van der Waals surface area contributed by atoms with Crippen LogP contribution in [0.25, 0.3) is 0 Å². The second kappa shape index (κ2) is 5.08. The van der Waals surface area contributed by atoms with Crippen molar-refractivity contribution in [2.75, 3.05) is 6.54 Å². The third kappa shape index (κ3) is 2.97. The van der Waals surface area contributed by atoms with Gasteiger partial charge in [-0.25, -0.2) is 0 Å². The van der Waals surface area contributed by atoms with Gasteiger partial charge in [0.25, 0.3) is 5.91 Å². The van der Waals surface area contributed by atoms with Crippen molar-refractivity contribution in [2.45, 2.75) is 44.6 Å². The minimum atomic E-state index is 0.0726. The maximum Gasteiger partial charge on any atom is 0.267 e. The molecule has 0 saturated heterocycles. The number of amides is 1. The Morgan fingerprint density at radius 3 is 2.83 bits per heavy atom. The van der Waals surface area contributed by atoms with Crippen LogP contribution in [0.5, 0.6) is 0 Å². The molecule has 0 spiro atoms. The summed E-state index contributed by atoms with van der Waals surface area (Å²) in [6.45, 7) is 0.808. The Labute approximate surface area is 116 Å². The zero-order chi connectivity index (χ0) is 12.5. The molecule has 0 aliphatic heterocycles. The van der Waals surface area contributed by atoms with E-state index in [0.717, 1.165) is 29.1 Å². The summed E-state index contributed by atoms with van der Waals surface area (Å²) in [6, 6.07) is 2.47. The molecule has 98 valence electrons. The summed E-state index contributed by atoms with van der Waals surface area (Å²) in [5.41, 5.74) is 0.802. The molecule has 2 aliphatic carbocycles. The predicted molar refractivity (Wildman–Crippen MR) is 74.7 cm³/mol. The molecule has 18 heavy (non-hydrogen) atoms. The Morgan fingerprint density at radius 1 is 1.39 bits per heavy atom. The zero-order valence-electron chi connectivity index (χ0n) is 10.5. The third-order valence-corrected chi connectivity index (χ3v) is 4.19. The Balaban J connectivity index is 1.53. The molecule has 0 bridgehead atoms. The van der Waals surface area contributed by atoms with E-state index in [1.54, 1.807) is 0 Å². The van der Waals surface area contributed by atoms with Crippen LogP contribution in [-0.2, 0) is 0 Å². The minimum Gasteiger partial charge on any atom is -0.351 e. The number of nitrogens with zero attached hydrogens (tertiary/aromatic N) is 1. The van der Waals surface area contributed by atoms with Crippen LogP contribution in [0, 0.1) is 5.92 Å². The molecular formula is C14H19BrN2O.